The van der Waals surface area contributed by atoms with E-state index < -0.39 is 29.4 Å². The van der Waals surface area contributed by atoms with Gasteiger partial charge >= 0.3 is 6.09 Å². The lowest BCUT2D eigenvalue weighted by molar-refractivity contribution is 0.0331. The van der Waals surface area contributed by atoms with Crippen molar-refractivity contribution in [2.45, 2.75) is 52.2 Å². The Kier molecular flexibility index (Phi) is 7.42. The average molecular weight is 329 g/mol. The van der Waals surface area contributed by atoms with Crippen LogP contribution in [0.3, 0.4) is 0 Å². The van der Waals surface area contributed by atoms with Gasteiger partial charge < -0.3 is 14.8 Å². The van der Waals surface area contributed by atoms with Crippen LogP contribution < -0.4 is 5.32 Å². The first-order valence-corrected chi connectivity index (χ1v) is 7.75. The summed E-state index contributed by atoms with van der Waals surface area (Å²) in [6.07, 6.45) is 0.516. The minimum absolute atomic E-state index is 0.0710. The summed E-state index contributed by atoms with van der Waals surface area (Å²) >= 11 is 0. The van der Waals surface area contributed by atoms with E-state index in [9.17, 15) is 13.6 Å². The molecule has 0 heterocycles. The molecule has 1 unspecified atom stereocenters. The van der Waals surface area contributed by atoms with E-state index in [0.29, 0.717) is 12.2 Å². The number of carbonyl (C=O) groups excluding carboxylic acids is 1. The van der Waals surface area contributed by atoms with Crippen molar-refractivity contribution in [3.63, 3.8) is 0 Å². The molecule has 1 rings (SSSR count). The highest BCUT2D eigenvalue weighted by atomic mass is 19.1. The van der Waals surface area contributed by atoms with E-state index in [1.165, 1.54) is 12.1 Å². The standard InChI is InChI=1S/C17H25F2NO3/c1-5-6-7-22-15(11-20-16(21)23-17(2,3)4)12-8-13(18)10-14(19)9-12/h8-10,15H,5-7,11H2,1-4H3,(H,20,21). The van der Waals surface area contributed by atoms with Crippen LogP contribution in [0.25, 0.3) is 0 Å². The Morgan fingerprint density at radius 3 is 2.35 bits per heavy atom. The summed E-state index contributed by atoms with van der Waals surface area (Å²) in [5, 5.41) is 2.57. The lowest BCUT2D eigenvalue weighted by Gasteiger charge is -2.22. The van der Waals surface area contributed by atoms with E-state index in [1.807, 2.05) is 6.92 Å². The monoisotopic (exact) mass is 329 g/mol. The minimum Gasteiger partial charge on any atom is -0.444 e. The molecule has 4 nitrogen and oxygen atoms in total. The molecule has 0 aliphatic carbocycles. The fourth-order valence-corrected chi connectivity index (χ4v) is 1.89. The third-order valence-electron chi connectivity index (χ3n) is 2.90. The predicted molar refractivity (Wildman–Crippen MR) is 84.2 cm³/mol. The van der Waals surface area contributed by atoms with Crippen LogP contribution in [-0.2, 0) is 9.47 Å². The van der Waals surface area contributed by atoms with Crippen molar-refractivity contribution in [3.05, 3.63) is 35.4 Å². The zero-order chi connectivity index (χ0) is 17.5. The maximum Gasteiger partial charge on any atom is 0.407 e. The highest BCUT2D eigenvalue weighted by molar-refractivity contribution is 5.67. The minimum atomic E-state index is -0.679. The molecular formula is C17H25F2NO3. The predicted octanol–water partition coefficient (Wildman–Crippen LogP) is 4.35. The number of halogens is 2. The van der Waals surface area contributed by atoms with E-state index in [-0.39, 0.29) is 6.54 Å². The van der Waals surface area contributed by atoms with Crippen LogP contribution in [-0.4, -0.2) is 24.8 Å². The number of ether oxygens (including phenoxy) is 2. The summed E-state index contributed by atoms with van der Waals surface area (Å²) in [7, 11) is 0. The molecule has 0 bridgehead atoms. The summed E-state index contributed by atoms with van der Waals surface area (Å²) in [6.45, 7) is 7.78. The first kappa shape index (κ1) is 19.4. The van der Waals surface area contributed by atoms with Crippen molar-refractivity contribution in [2.75, 3.05) is 13.2 Å². The highest BCUT2D eigenvalue weighted by Crippen LogP contribution is 2.20. The van der Waals surface area contributed by atoms with Crippen LogP contribution in [0, 0.1) is 11.6 Å². The van der Waals surface area contributed by atoms with Crippen LogP contribution in [0.2, 0.25) is 0 Å². The van der Waals surface area contributed by atoms with Gasteiger partial charge in [0.1, 0.15) is 23.3 Å². The molecule has 1 aromatic carbocycles. The van der Waals surface area contributed by atoms with Gasteiger partial charge in [0, 0.05) is 12.7 Å². The largest absolute Gasteiger partial charge is 0.444 e. The molecule has 0 fully saturated rings. The quantitative estimate of drug-likeness (QED) is 0.757. The second kappa shape index (κ2) is 8.82. The number of rotatable bonds is 7. The van der Waals surface area contributed by atoms with Gasteiger partial charge in [0.2, 0.25) is 0 Å². The third-order valence-corrected chi connectivity index (χ3v) is 2.90. The molecule has 0 aliphatic heterocycles. The third kappa shape index (κ3) is 7.93. The number of benzene rings is 1. The second-order valence-electron chi connectivity index (χ2n) is 6.30. The molecule has 23 heavy (non-hydrogen) atoms. The summed E-state index contributed by atoms with van der Waals surface area (Å²) in [5.41, 5.74) is -0.275. The molecule has 0 aliphatic rings. The lowest BCUT2D eigenvalue weighted by atomic mass is 10.1. The van der Waals surface area contributed by atoms with Crippen molar-refractivity contribution < 1.29 is 23.0 Å². The Bertz CT molecular complexity index is 495. The van der Waals surface area contributed by atoms with Gasteiger partial charge in [0.25, 0.3) is 0 Å². The van der Waals surface area contributed by atoms with Crippen molar-refractivity contribution in [2.24, 2.45) is 0 Å². The van der Waals surface area contributed by atoms with E-state index in [2.05, 4.69) is 5.32 Å². The van der Waals surface area contributed by atoms with Gasteiger partial charge in [-0.05, 0) is 44.9 Å². The van der Waals surface area contributed by atoms with Crippen molar-refractivity contribution in [1.82, 2.24) is 5.32 Å². The van der Waals surface area contributed by atoms with E-state index >= 15 is 0 Å². The van der Waals surface area contributed by atoms with E-state index in [0.717, 1.165) is 18.9 Å². The van der Waals surface area contributed by atoms with Gasteiger partial charge in [-0.3, -0.25) is 0 Å². The first-order chi connectivity index (χ1) is 10.7. The summed E-state index contributed by atoms with van der Waals surface area (Å²) in [4.78, 5) is 11.7. The van der Waals surface area contributed by atoms with Gasteiger partial charge in [-0.25, -0.2) is 13.6 Å². The molecular weight excluding hydrogens is 304 g/mol. The van der Waals surface area contributed by atoms with Gasteiger partial charge in [0.15, 0.2) is 0 Å². The molecule has 0 saturated heterocycles. The maximum atomic E-state index is 13.4. The van der Waals surface area contributed by atoms with Crippen LogP contribution in [0.1, 0.15) is 52.2 Å². The average Bonchev–Trinajstić information content (AvgIpc) is 2.39. The zero-order valence-electron chi connectivity index (χ0n) is 14.1. The number of hydrogen-bond donors (Lipinski definition) is 1. The Morgan fingerprint density at radius 2 is 1.83 bits per heavy atom. The fraction of sp³-hybridized carbons (Fsp3) is 0.588. The van der Waals surface area contributed by atoms with Crippen LogP contribution in [0.15, 0.2) is 18.2 Å². The number of carbonyl (C=O) groups is 1. The fourth-order valence-electron chi connectivity index (χ4n) is 1.89. The normalized spacial score (nSPS) is 12.8. The molecule has 1 N–H and O–H groups in total. The zero-order valence-corrected chi connectivity index (χ0v) is 14.1. The molecule has 6 heteroatoms. The van der Waals surface area contributed by atoms with Gasteiger partial charge in [0.05, 0.1) is 6.54 Å². The lowest BCUT2D eigenvalue weighted by Crippen LogP contribution is -2.35. The van der Waals surface area contributed by atoms with E-state index in [4.69, 9.17) is 9.47 Å². The Morgan fingerprint density at radius 1 is 1.22 bits per heavy atom. The molecule has 1 aromatic rings. The topological polar surface area (TPSA) is 47.6 Å². The molecule has 1 atom stereocenters. The number of nitrogens with one attached hydrogen (secondary N) is 1. The number of unbranched alkanes of at least 4 members (excludes halogenated alkanes) is 1. The summed E-state index contributed by atoms with van der Waals surface area (Å²) in [6, 6.07) is 3.21. The van der Waals surface area contributed by atoms with Crippen molar-refractivity contribution in [1.29, 1.82) is 0 Å². The number of amides is 1. The van der Waals surface area contributed by atoms with Crippen LogP contribution >= 0.6 is 0 Å². The number of alkyl carbamates (subject to hydrolysis) is 1. The SMILES string of the molecule is CCCCOC(CNC(=O)OC(C)(C)C)c1cc(F)cc(F)c1. The van der Waals surface area contributed by atoms with Gasteiger partial charge in [-0.15, -0.1) is 0 Å². The molecule has 0 aromatic heterocycles. The summed E-state index contributed by atoms with van der Waals surface area (Å²) in [5.74, 6) is -1.36. The Hall–Kier alpha value is -1.69. The number of hydrogen-bond acceptors (Lipinski definition) is 3. The highest BCUT2D eigenvalue weighted by Gasteiger charge is 2.19. The molecule has 130 valence electrons. The first-order valence-electron chi connectivity index (χ1n) is 7.75. The Balaban J connectivity index is 2.74. The smallest absolute Gasteiger partial charge is 0.407 e. The summed E-state index contributed by atoms with van der Waals surface area (Å²) < 4.78 is 37.6. The molecule has 1 amide bonds. The van der Waals surface area contributed by atoms with Crippen molar-refractivity contribution >= 4 is 6.09 Å². The van der Waals surface area contributed by atoms with Crippen LogP contribution in [0.4, 0.5) is 13.6 Å². The Labute approximate surface area is 136 Å². The van der Waals surface area contributed by atoms with Gasteiger partial charge in [-0.1, -0.05) is 13.3 Å². The molecule has 0 radical (unpaired) electrons. The van der Waals surface area contributed by atoms with E-state index in [1.54, 1.807) is 20.8 Å². The maximum absolute atomic E-state index is 13.4. The second-order valence-corrected chi connectivity index (χ2v) is 6.30. The molecule has 0 saturated carbocycles. The molecule has 0 spiro atoms. The van der Waals surface area contributed by atoms with Crippen LogP contribution in [0.5, 0.6) is 0 Å². The van der Waals surface area contributed by atoms with Crippen molar-refractivity contribution in [3.8, 4) is 0 Å². The van der Waals surface area contributed by atoms with Gasteiger partial charge in [-0.2, -0.15) is 0 Å².